The lowest BCUT2D eigenvalue weighted by atomic mass is 10.1. The van der Waals surface area contributed by atoms with Gasteiger partial charge in [-0.1, -0.05) is 26.0 Å². The van der Waals surface area contributed by atoms with Gasteiger partial charge in [0, 0.05) is 6.42 Å². The molecule has 2 aromatic rings. The van der Waals surface area contributed by atoms with E-state index in [1.807, 2.05) is 18.2 Å². The molecule has 0 saturated heterocycles. The molecule has 4 nitrogen and oxygen atoms in total. The van der Waals surface area contributed by atoms with Crippen LogP contribution in [0.3, 0.4) is 0 Å². The average molecular weight is 232 g/mol. The summed E-state index contributed by atoms with van der Waals surface area (Å²) < 4.78 is 1.29. The highest BCUT2D eigenvalue weighted by atomic mass is 16.4. The maximum absolute atomic E-state index is 11.3. The summed E-state index contributed by atoms with van der Waals surface area (Å²) >= 11 is 0. The van der Waals surface area contributed by atoms with Gasteiger partial charge in [0.15, 0.2) is 0 Å². The molecule has 0 atom stereocenters. The SMILES string of the molecule is CC(C)CCc1nc2ccccc2n1C(=O)O. The number of imidazole rings is 1. The van der Waals surface area contributed by atoms with Crippen LogP contribution in [0.5, 0.6) is 0 Å². The molecule has 1 N–H and O–H groups in total. The average Bonchev–Trinajstić information content (AvgIpc) is 2.64. The van der Waals surface area contributed by atoms with Crippen LogP contribution in [0.15, 0.2) is 24.3 Å². The van der Waals surface area contributed by atoms with E-state index in [1.54, 1.807) is 6.07 Å². The minimum atomic E-state index is -0.961. The maximum Gasteiger partial charge on any atom is 0.417 e. The summed E-state index contributed by atoms with van der Waals surface area (Å²) in [5.41, 5.74) is 1.41. The lowest BCUT2D eigenvalue weighted by Crippen LogP contribution is -2.12. The molecular weight excluding hydrogens is 216 g/mol. The van der Waals surface area contributed by atoms with Crippen LogP contribution in [0.2, 0.25) is 0 Å². The fourth-order valence-electron chi connectivity index (χ4n) is 1.87. The second-order valence-electron chi connectivity index (χ2n) is 4.57. The molecule has 90 valence electrons. The third-order valence-electron chi connectivity index (χ3n) is 2.77. The van der Waals surface area contributed by atoms with E-state index < -0.39 is 6.09 Å². The van der Waals surface area contributed by atoms with Gasteiger partial charge in [-0.25, -0.2) is 14.3 Å². The Hall–Kier alpha value is -1.84. The van der Waals surface area contributed by atoms with Gasteiger partial charge in [-0.3, -0.25) is 0 Å². The highest BCUT2D eigenvalue weighted by Gasteiger charge is 2.15. The van der Waals surface area contributed by atoms with Gasteiger partial charge in [0.05, 0.1) is 11.0 Å². The smallest absolute Gasteiger partial charge is 0.417 e. The van der Waals surface area contributed by atoms with Crippen LogP contribution in [0, 0.1) is 5.92 Å². The summed E-state index contributed by atoms with van der Waals surface area (Å²) in [4.78, 5) is 15.7. The highest BCUT2D eigenvalue weighted by Crippen LogP contribution is 2.18. The number of aryl methyl sites for hydroxylation is 1. The van der Waals surface area contributed by atoms with Crippen molar-refractivity contribution in [3.63, 3.8) is 0 Å². The summed E-state index contributed by atoms with van der Waals surface area (Å²) in [5.74, 6) is 1.17. The lowest BCUT2D eigenvalue weighted by Gasteiger charge is -2.05. The monoisotopic (exact) mass is 232 g/mol. The number of fused-ring (bicyclic) bond motifs is 1. The van der Waals surface area contributed by atoms with Crippen molar-refractivity contribution >= 4 is 17.1 Å². The fraction of sp³-hybridized carbons (Fsp3) is 0.385. The van der Waals surface area contributed by atoms with Gasteiger partial charge in [0.2, 0.25) is 0 Å². The zero-order chi connectivity index (χ0) is 12.4. The molecule has 0 aliphatic heterocycles. The van der Waals surface area contributed by atoms with Gasteiger partial charge in [0.1, 0.15) is 5.82 Å². The number of hydrogen-bond donors (Lipinski definition) is 1. The number of rotatable bonds is 3. The second kappa shape index (κ2) is 4.57. The molecule has 1 heterocycles. The van der Waals surface area contributed by atoms with E-state index in [1.165, 1.54) is 4.57 Å². The molecule has 0 bridgehead atoms. The third kappa shape index (κ3) is 2.30. The summed E-state index contributed by atoms with van der Waals surface area (Å²) in [7, 11) is 0. The third-order valence-corrected chi connectivity index (χ3v) is 2.77. The molecule has 1 aromatic heterocycles. The zero-order valence-corrected chi connectivity index (χ0v) is 10.1. The molecule has 0 saturated carbocycles. The van der Waals surface area contributed by atoms with Gasteiger partial charge < -0.3 is 5.11 Å². The normalized spacial score (nSPS) is 11.2. The van der Waals surface area contributed by atoms with Crippen molar-refractivity contribution in [2.45, 2.75) is 26.7 Å². The first-order valence-corrected chi connectivity index (χ1v) is 5.79. The van der Waals surface area contributed by atoms with Crippen molar-refractivity contribution in [2.24, 2.45) is 5.92 Å². The molecule has 4 heteroatoms. The predicted molar refractivity (Wildman–Crippen MR) is 66.3 cm³/mol. The summed E-state index contributed by atoms with van der Waals surface area (Å²) in [6.07, 6.45) is 0.673. The van der Waals surface area contributed by atoms with Crippen LogP contribution in [-0.2, 0) is 6.42 Å². The molecule has 0 aliphatic carbocycles. The molecule has 0 amide bonds. The van der Waals surface area contributed by atoms with Crippen LogP contribution in [0.1, 0.15) is 26.1 Å². The topological polar surface area (TPSA) is 55.1 Å². The largest absolute Gasteiger partial charge is 0.464 e. The van der Waals surface area contributed by atoms with Crippen LogP contribution >= 0.6 is 0 Å². The van der Waals surface area contributed by atoms with E-state index in [0.717, 1.165) is 11.9 Å². The minimum Gasteiger partial charge on any atom is -0.464 e. The summed E-state index contributed by atoms with van der Waals surface area (Å²) in [6, 6.07) is 7.33. The van der Waals surface area contributed by atoms with E-state index in [4.69, 9.17) is 0 Å². The van der Waals surface area contributed by atoms with Crippen molar-refractivity contribution < 1.29 is 9.90 Å². The molecule has 2 rings (SSSR count). The van der Waals surface area contributed by atoms with E-state index >= 15 is 0 Å². The van der Waals surface area contributed by atoms with Gasteiger partial charge in [-0.15, -0.1) is 0 Å². The summed E-state index contributed by atoms with van der Waals surface area (Å²) in [5, 5.41) is 9.24. The molecule has 0 spiro atoms. The van der Waals surface area contributed by atoms with Gasteiger partial charge in [-0.2, -0.15) is 0 Å². The Kier molecular flexibility index (Phi) is 3.13. The number of carboxylic acid groups (broad SMARTS) is 1. The number of hydrogen-bond acceptors (Lipinski definition) is 2. The van der Waals surface area contributed by atoms with Crippen molar-refractivity contribution in [3.8, 4) is 0 Å². The van der Waals surface area contributed by atoms with Crippen molar-refractivity contribution in [1.29, 1.82) is 0 Å². The Morgan fingerprint density at radius 2 is 2.12 bits per heavy atom. The number of benzene rings is 1. The maximum atomic E-state index is 11.3. The van der Waals surface area contributed by atoms with Crippen LogP contribution in [0.4, 0.5) is 4.79 Å². The molecule has 17 heavy (non-hydrogen) atoms. The van der Waals surface area contributed by atoms with E-state index in [9.17, 15) is 9.90 Å². The first-order chi connectivity index (χ1) is 8.09. The van der Waals surface area contributed by atoms with Crippen LogP contribution < -0.4 is 0 Å². The highest BCUT2D eigenvalue weighted by molar-refractivity contribution is 5.86. The zero-order valence-electron chi connectivity index (χ0n) is 10.1. The Morgan fingerprint density at radius 3 is 2.76 bits per heavy atom. The van der Waals surface area contributed by atoms with Gasteiger partial charge >= 0.3 is 6.09 Å². The second-order valence-corrected chi connectivity index (χ2v) is 4.57. The standard InChI is InChI=1S/C13H16N2O2/c1-9(2)7-8-12-14-10-5-3-4-6-11(10)15(12)13(16)17/h3-6,9H,7-8H2,1-2H3,(H,16,17). The van der Waals surface area contributed by atoms with Gasteiger partial charge in [-0.05, 0) is 24.5 Å². The van der Waals surface area contributed by atoms with Crippen molar-refractivity contribution in [3.05, 3.63) is 30.1 Å². The van der Waals surface area contributed by atoms with E-state index in [-0.39, 0.29) is 0 Å². The predicted octanol–water partition coefficient (Wildman–Crippen LogP) is 3.15. The van der Waals surface area contributed by atoms with E-state index in [0.29, 0.717) is 23.7 Å². The summed E-state index contributed by atoms with van der Waals surface area (Å²) in [6.45, 7) is 4.24. The van der Waals surface area contributed by atoms with Crippen molar-refractivity contribution in [1.82, 2.24) is 9.55 Å². The van der Waals surface area contributed by atoms with E-state index in [2.05, 4.69) is 18.8 Å². The Morgan fingerprint density at radius 1 is 1.41 bits per heavy atom. The molecule has 0 fully saturated rings. The molecule has 1 aromatic carbocycles. The first kappa shape index (κ1) is 11.6. The quantitative estimate of drug-likeness (QED) is 0.884. The fourth-order valence-corrected chi connectivity index (χ4v) is 1.87. The molecule has 0 unspecified atom stereocenters. The van der Waals surface area contributed by atoms with Crippen LogP contribution in [-0.4, -0.2) is 20.8 Å². The Balaban J connectivity index is 2.46. The molecule has 0 radical (unpaired) electrons. The number of nitrogens with zero attached hydrogens (tertiary/aromatic N) is 2. The Labute approximate surface area is 99.9 Å². The Bertz CT molecular complexity index is 543. The number of para-hydroxylation sites is 2. The number of carbonyl (C=O) groups is 1. The molecule has 0 aliphatic rings. The van der Waals surface area contributed by atoms with Gasteiger partial charge in [0.25, 0.3) is 0 Å². The number of aromatic nitrogens is 2. The minimum absolute atomic E-state index is 0.539. The molecular formula is C13H16N2O2. The van der Waals surface area contributed by atoms with Crippen LogP contribution in [0.25, 0.3) is 11.0 Å². The first-order valence-electron chi connectivity index (χ1n) is 5.79. The lowest BCUT2D eigenvalue weighted by molar-refractivity contribution is 0.196. The van der Waals surface area contributed by atoms with Crippen molar-refractivity contribution in [2.75, 3.05) is 0 Å².